The molecule has 0 fully saturated rings. The largest absolute Gasteiger partial charge is 0.479 e. The summed E-state index contributed by atoms with van der Waals surface area (Å²) < 4.78 is 14.2. The Balaban J connectivity index is 2.89. The van der Waals surface area contributed by atoms with Gasteiger partial charge in [0.25, 0.3) is 0 Å². The summed E-state index contributed by atoms with van der Waals surface area (Å²) in [5.74, 6) is -1.44. The zero-order valence-electron chi connectivity index (χ0n) is 7.63. The van der Waals surface area contributed by atoms with Crippen LogP contribution in [0.1, 0.15) is 12.5 Å². The van der Waals surface area contributed by atoms with Gasteiger partial charge in [-0.25, -0.2) is 9.18 Å². The number of benzene rings is 1. The molecule has 0 saturated heterocycles. The van der Waals surface area contributed by atoms with Gasteiger partial charge < -0.3 is 5.11 Å². The van der Waals surface area contributed by atoms with Gasteiger partial charge in [-0.1, -0.05) is 34.1 Å². The third kappa shape index (κ3) is 2.54. The molecule has 1 aromatic rings. The Bertz CT molecular complexity index is 350. The van der Waals surface area contributed by atoms with Crippen molar-refractivity contribution in [3.63, 3.8) is 0 Å². The van der Waals surface area contributed by atoms with Crippen molar-refractivity contribution < 1.29 is 14.3 Å². The van der Waals surface area contributed by atoms with Crippen molar-refractivity contribution >= 4 is 21.9 Å². The van der Waals surface area contributed by atoms with Gasteiger partial charge in [0.2, 0.25) is 5.67 Å². The van der Waals surface area contributed by atoms with Crippen LogP contribution in [-0.2, 0) is 11.2 Å². The van der Waals surface area contributed by atoms with Crippen molar-refractivity contribution in [3.05, 3.63) is 34.3 Å². The van der Waals surface area contributed by atoms with E-state index < -0.39 is 11.6 Å². The van der Waals surface area contributed by atoms with Gasteiger partial charge >= 0.3 is 5.97 Å². The number of carboxylic acid groups (broad SMARTS) is 1. The molecule has 0 aliphatic rings. The minimum atomic E-state index is -2.22. The van der Waals surface area contributed by atoms with Crippen molar-refractivity contribution in [2.24, 2.45) is 0 Å². The van der Waals surface area contributed by atoms with Gasteiger partial charge in [-0.05, 0) is 18.6 Å². The molecule has 0 spiro atoms. The zero-order valence-corrected chi connectivity index (χ0v) is 9.21. The maximum Gasteiger partial charge on any atom is 0.341 e. The molecule has 0 aliphatic carbocycles. The van der Waals surface area contributed by atoms with Gasteiger partial charge in [0.05, 0.1) is 0 Å². The Kier molecular flexibility index (Phi) is 3.26. The van der Waals surface area contributed by atoms with E-state index in [4.69, 9.17) is 5.11 Å². The van der Waals surface area contributed by atoms with Crippen LogP contribution in [0.4, 0.5) is 4.39 Å². The van der Waals surface area contributed by atoms with E-state index in [-0.39, 0.29) is 6.42 Å². The predicted octanol–water partition coefficient (Wildman–Crippen LogP) is 2.80. The maximum absolute atomic E-state index is 13.5. The topological polar surface area (TPSA) is 37.3 Å². The molecule has 1 rings (SSSR count). The Morgan fingerprint density at radius 1 is 1.57 bits per heavy atom. The molecule has 0 aliphatic heterocycles. The molecule has 76 valence electrons. The summed E-state index contributed by atoms with van der Waals surface area (Å²) in [5.41, 5.74) is -1.57. The molecule has 1 N–H and O–H groups in total. The van der Waals surface area contributed by atoms with Crippen LogP contribution in [-0.4, -0.2) is 16.7 Å². The molecule has 0 aromatic heterocycles. The summed E-state index contributed by atoms with van der Waals surface area (Å²) in [4.78, 5) is 10.5. The molecular formula is C10H10BrFO2. The highest BCUT2D eigenvalue weighted by molar-refractivity contribution is 9.10. The first kappa shape index (κ1) is 11.2. The third-order valence-corrected chi connectivity index (χ3v) is 2.70. The molecule has 0 heterocycles. The molecule has 0 radical (unpaired) electrons. The number of rotatable bonds is 3. The summed E-state index contributed by atoms with van der Waals surface area (Å²) in [6, 6.07) is 7.00. The summed E-state index contributed by atoms with van der Waals surface area (Å²) in [7, 11) is 0. The number of hydrogen-bond donors (Lipinski definition) is 1. The van der Waals surface area contributed by atoms with E-state index in [1.54, 1.807) is 24.3 Å². The number of carboxylic acids is 1. The van der Waals surface area contributed by atoms with Crippen molar-refractivity contribution in [2.75, 3.05) is 0 Å². The van der Waals surface area contributed by atoms with E-state index in [1.807, 2.05) is 0 Å². The normalized spacial score (nSPS) is 14.8. The predicted molar refractivity (Wildman–Crippen MR) is 55.0 cm³/mol. The fourth-order valence-electron chi connectivity index (χ4n) is 1.08. The van der Waals surface area contributed by atoms with Gasteiger partial charge in [0.1, 0.15) is 0 Å². The fraction of sp³-hybridized carbons (Fsp3) is 0.300. The van der Waals surface area contributed by atoms with E-state index >= 15 is 0 Å². The number of hydrogen-bond acceptors (Lipinski definition) is 1. The zero-order chi connectivity index (χ0) is 10.8. The summed E-state index contributed by atoms with van der Waals surface area (Å²) in [6.07, 6.45) is -0.135. The lowest BCUT2D eigenvalue weighted by Gasteiger charge is -2.15. The molecule has 1 aromatic carbocycles. The molecule has 2 nitrogen and oxygen atoms in total. The lowest BCUT2D eigenvalue weighted by Crippen LogP contribution is -2.32. The minimum Gasteiger partial charge on any atom is -0.479 e. The van der Waals surface area contributed by atoms with Crippen LogP contribution < -0.4 is 0 Å². The molecule has 0 amide bonds. The highest BCUT2D eigenvalue weighted by Gasteiger charge is 2.33. The lowest BCUT2D eigenvalue weighted by atomic mass is 9.99. The van der Waals surface area contributed by atoms with Crippen molar-refractivity contribution in [2.45, 2.75) is 19.0 Å². The molecule has 1 atom stereocenters. The van der Waals surface area contributed by atoms with Crippen LogP contribution >= 0.6 is 15.9 Å². The quantitative estimate of drug-likeness (QED) is 0.908. The molecule has 0 saturated carbocycles. The second-order valence-electron chi connectivity index (χ2n) is 3.27. The summed E-state index contributed by atoms with van der Waals surface area (Å²) in [6.45, 7) is 1.06. The van der Waals surface area contributed by atoms with Gasteiger partial charge in [0, 0.05) is 10.9 Å². The van der Waals surface area contributed by atoms with E-state index in [0.717, 1.165) is 11.4 Å². The Labute approximate surface area is 89.9 Å². The standard InChI is InChI=1S/C10H10BrFO2/c1-10(12,9(13)14)6-7-4-2-3-5-8(7)11/h2-5H,6H2,1H3,(H,13,14). The van der Waals surface area contributed by atoms with Crippen LogP contribution in [0.2, 0.25) is 0 Å². The molecule has 0 bridgehead atoms. The highest BCUT2D eigenvalue weighted by atomic mass is 79.9. The smallest absolute Gasteiger partial charge is 0.341 e. The van der Waals surface area contributed by atoms with Crippen LogP contribution in [0, 0.1) is 0 Å². The first-order valence-corrected chi connectivity index (χ1v) is 4.88. The molecular weight excluding hydrogens is 251 g/mol. The van der Waals surface area contributed by atoms with Gasteiger partial charge in [0.15, 0.2) is 0 Å². The Hall–Kier alpha value is -0.900. The average molecular weight is 261 g/mol. The molecule has 14 heavy (non-hydrogen) atoms. The SMILES string of the molecule is CC(F)(Cc1ccccc1Br)C(=O)O. The second-order valence-corrected chi connectivity index (χ2v) is 4.13. The van der Waals surface area contributed by atoms with Crippen LogP contribution in [0.15, 0.2) is 28.7 Å². The van der Waals surface area contributed by atoms with E-state index in [9.17, 15) is 9.18 Å². The molecule has 4 heteroatoms. The van der Waals surface area contributed by atoms with Crippen molar-refractivity contribution in [1.82, 2.24) is 0 Å². The average Bonchev–Trinajstić information content (AvgIpc) is 2.08. The van der Waals surface area contributed by atoms with Crippen molar-refractivity contribution in [3.8, 4) is 0 Å². The number of carbonyl (C=O) groups is 1. The Morgan fingerprint density at radius 2 is 2.14 bits per heavy atom. The van der Waals surface area contributed by atoms with Gasteiger partial charge in [-0.15, -0.1) is 0 Å². The minimum absolute atomic E-state index is 0.135. The maximum atomic E-state index is 13.5. The summed E-state index contributed by atoms with van der Waals surface area (Å²) in [5, 5.41) is 8.60. The van der Waals surface area contributed by atoms with Crippen molar-refractivity contribution in [1.29, 1.82) is 0 Å². The first-order valence-electron chi connectivity index (χ1n) is 4.09. The van der Waals surface area contributed by atoms with E-state index in [2.05, 4.69) is 15.9 Å². The van der Waals surface area contributed by atoms with Crippen LogP contribution in [0.25, 0.3) is 0 Å². The van der Waals surface area contributed by atoms with E-state index in [1.165, 1.54) is 0 Å². The monoisotopic (exact) mass is 260 g/mol. The van der Waals surface area contributed by atoms with Crippen LogP contribution in [0.3, 0.4) is 0 Å². The van der Waals surface area contributed by atoms with Gasteiger partial charge in [-0.3, -0.25) is 0 Å². The number of halogens is 2. The second kappa shape index (κ2) is 4.09. The summed E-state index contributed by atoms with van der Waals surface area (Å²) >= 11 is 3.24. The highest BCUT2D eigenvalue weighted by Crippen LogP contribution is 2.23. The van der Waals surface area contributed by atoms with E-state index in [0.29, 0.717) is 5.56 Å². The number of aliphatic carboxylic acids is 1. The first-order chi connectivity index (χ1) is 6.43. The Morgan fingerprint density at radius 3 is 2.64 bits per heavy atom. The molecule has 1 unspecified atom stereocenters. The number of alkyl halides is 1. The van der Waals surface area contributed by atoms with Gasteiger partial charge in [-0.2, -0.15) is 0 Å². The van der Waals surface area contributed by atoms with Crippen LogP contribution in [0.5, 0.6) is 0 Å². The lowest BCUT2D eigenvalue weighted by molar-refractivity contribution is -0.149. The third-order valence-electron chi connectivity index (χ3n) is 1.93. The fourth-order valence-corrected chi connectivity index (χ4v) is 1.50.